The number of aryl methyl sites for hydroxylation is 1. The molecule has 0 bridgehead atoms. The van der Waals surface area contributed by atoms with Crippen LogP contribution in [-0.2, 0) is 11.3 Å². The Kier molecular flexibility index (Phi) is 6.75. The number of benzene rings is 2. The summed E-state index contributed by atoms with van der Waals surface area (Å²) in [6.45, 7) is 4.56. The summed E-state index contributed by atoms with van der Waals surface area (Å²) in [5.41, 5.74) is 3.27. The maximum atomic E-state index is 12.5. The minimum Gasteiger partial charge on any atom is -0.484 e. The Hall–Kier alpha value is -3.02. The van der Waals surface area contributed by atoms with Crippen LogP contribution in [0.1, 0.15) is 42.5 Å². The smallest absolute Gasteiger partial charge is 0.317 e. The molecule has 0 heterocycles. The van der Waals surface area contributed by atoms with Gasteiger partial charge in [0.15, 0.2) is 6.61 Å². The van der Waals surface area contributed by atoms with E-state index in [1.54, 1.807) is 11.9 Å². The third-order valence-corrected chi connectivity index (χ3v) is 5.05. The van der Waals surface area contributed by atoms with Crippen LogP contribution in [0.3, 0.4) is 0 Å². The zero-order valence-electron chi connectivity index (χ0n) is 17.3. The van der Waals surface area contributed by atoms with E-state index in [2.05, 4.69) is 10.6 Å². The zero-order chi connectivity index (χ0) is 20.8. The predicted octanol–water partition coefficient (Wildman–Crippen LogP) is 3.56. The van der Waals surface area contributed by atoms with Crippen molar-refractivity contribution in [2.45, 2.75) is 45.3 Å². The molecule has 1 unspecified atom stereocenters. The number of nitrogens with one attached hydrogen (secondary N) is 2. The molecule has 0 saturated heterocycles. The molecule has 154 valence electrons. The number of urea groups is 1. The molecular formula is C23H29N3O3. The van der Waals surface area contributed by atoms with E-state index in [0.29, 0.717) is 18.3 Å². The van der Waals surface area contributed by atoms with Gasteiger partial charge in [-0.05, 0) is 55.5 Å². The molecule has 0 aromatic heterocycles. The van der Waals surface area contributed by atoms with E-state index in [1.807, 2.05) is 62.4 Å². The topological polar surface area (TPSA) is 70.7 Å². The van der Waals surface area contributed by atoms with E-state index in [1.165, 1.54) is 5.56 Å². The van der Waals surface area contributed by atoms with Crippen LogP contribution in [-0.4, -0.2) is 36.5 Å². The number of hydrogen-bond donors (Lipinski definition) is 2. The monoisotopic (exact) mass is 395 g/mol. The minimum absolute atomic E-state index is 0.0197. The van der Waals surface area contributed by atoms with Crippen molar-refractivity contribution in [2.75, 3.05) is 13.7 Å². The van der Waals surface area contributed by atoms with Crippen LogP contribution in [0.5, 0.6) is 5.75 Å². The van der Waals surface area contributed by atoms with E-state index in [0.717, 1.165) is 24.0 Å². The summed E-state index contributed by atoms with van der Waals surface area (Å²) < 4.78 is 5.52. The van der Waals surface area contributed by atoms with Crippen LogP contribution in [0.15, 0.2) is 48.5 Å². The number of carbonyl (C=O) groups excluding carboxylic acids is 2. The Morgan fingerprint density at radius 1 is 1.14 bits per heavy atom. The molecule has 3 amide bonds. The highest BCUT2D eigenvalue weighted by atomic mass is 16.5. The van der Waals surface area contributed by atoms with E-state index >= 15 is 0 Å². The second-order valence-corrected chi connectivity index (χ2v) is 7.65. The zero-order valence-corrected chi connectivity index (χ0v) is 17.3. The molecule has 0 aliphatic heterocycles. The summed E-state index contributed by atoms with van der Waals surface area (Å²) >= 11 is 0. The second-order valence-electron chi connectivity index (χ2n) is 7.65. The van der Waals surface area contributed by atoms with Crippen molar-refractivity contribution in [3.63, 3.8) is 0 Å². The van der Waals surface area contributed by atoms with Gasteiger partial charge in [-0.25, -0.2) is 4.79 Å². The predicted molar refractivity (Wildman–Crippen MR) is 113 cm³/mol. The van der Waals surface area contributed by atoms with Gasteiger partial charge < -0.3 is 20.3 Å². The molecule has 29 heavy (non-hydrogen) atoms. The van der Waals surface area contributed by atoms with E-state index in [9.17, 15) is 9.59 Å². The molecule has 0 spiro atoms. The van der Waals surface area contributed by atoms with E-state index < -0.39 is 0 Å². The first-order chi connectivity index (χ1) is 13.9. The molecule has 1 saturated carbocycles. The second kappa shape index (κ2) is 9.45. The molecule has 1 atom stereocenters. The molecule has 2 N–H and O–H groups in total. The Morgan fingerprint density at radius 3 is 2.48 bits per heavy atom. The van der Waals surface area contributed by atoms with Crippen molar-refractivity contribution in [1.29, 1.82) is 0 Å². The molecule has 1 aliphatic carbocycles. The largest absolute Gasteiger partial charge is 0.484 e. The summed E-state index contributed by atoms with van der Waals surface area (Å²) in [6, 6.07) is 15.6. The lowest BCUT2D eigenvalue weighted by Crippen LogP contribution is -2.38. The number of ether oxygens (including phenoxy) is 1. The van der Waals surface area contributed by atoms with Gasteiger partial charge in [-0.3, -0.25) is 4.79 Å². The number of hydrogen-bond acceptors (Lipinski definition) is 3. The average molecular weight is 396 g/mol. The van der Waals surface area contributed by atoms with E-state index in [-0.39, 0.29) is 24.6 Å². The quantitative estimate of drug-likeness (QED) is 0.718. The van der Waals surface area contributed by atoms with Crippen LogP contribution >= 0.6 is 0 Å². The average Bonchev–Trinajstić information content (AvgIpc) is 3.52. The molecule has 2 aromatic carbocycles. The van der Waals surface area contributed by atoms with Crippen molar-refractivity contribution in [3.8, 4) is 5.75 Å². The Balaban J connectivity index is 1.47. The molecular weight excluding hydrogens is 366 g/mol. The lowest BCUT2D eigenvalue weighted by atomic mass is 10.1. The fourth-order valence-corrected chi connectivity index (χ4v) is 2.99. The summed E-state index contributed by atoms with van der Waals surface area (Å²) in [5.74, 6) is 0.545. The van der Waals surface area contributed by atoms with Crippen LogP contribution in [0, 0.1) is 6.92 Å². The van der Waals surface area contributed by atoms with Gasteiger partial charge in [0.2, 0.25) is 0 Å². The maximum absolute atomic E-state index is 12.5. The molecule has 1 aliphatic rings. The first-order valence-corrected chi connectivity index (χ1v) is 10.0. The summed E-state index contributed by atoms with van der Waals surface area (Å²) in [7, 11) is 1.79. The Labute approximate surface area is 172 Å². The van der Waals surface area contributed by atoms with Gasteiger partial charge in [-0.15, -0.1) is 0 Å². The SMILES string of the molecule is Cc1ccccc1CN(C)C(=O)NC(C)c1ccc(OCC(=O)NC2CC2)cc1. The van der Waals surface area contributed by atoms with Gasteiger partial charge in [0.25, 0.3) is 5.91 Å². The molecule has 1 fully saturated rings. The first-order valence-electron chi connectivity index (χ1n) is 10.0. The van der Waals surface area contributed by atoms with E-state index in [4.69, 9.17) is 4.74 Å². The van der Waals surface area contributed by atoms with Crippen LogP contribution in [0.2, 0.25) is 0 Å². The van der Waals surface area contributed by atoms with Gasteiger partial charge in [0.1, 0.15) is 5.75 Å². The fourth-order valence-electron chi connectivity index (χ4n) is 2.99. The molecule has 6 nitrogen and oxygen atoms in total. The molecule has 3 rings (SSSR count). The lowest BCUT2D eigenvalue weighted by molar-refractivity contribution is -0.123. The van der Waals surface area contributed by atoms with Crippen molar-refractivity contribution >= 4 is 11.9 Å². The lowest BCUT2D eigenvalue weighted by Gasteiger charge is -2.22. The highest BCUT2D eigenvalue weighted by molar-refractivity contribution is 5.78. The standard InChI is InChI=1S/C23H29N3O3/c1-16-6-4-5-7-19(16)14-26(3)23(28)24-17(2)18-8-12-21(13-9-18)29-15-22(27)25-20-10-11-20/h4-9,12-13,17,20H,10-11,14-15H2,1-3H3,(H,24,28)(H,25,27). The molecule has 0 radical (unpaired) electrons. The third kappa shape index (κ3) is 6.24. The summed E-state index contributed by atoms with van der Waals surface area (Å²) in [6.07, 6.45) is 2.12. The Bertz CT molecular complexity index is 847. The minimum atomic E-state index is -0.144. The number of amides is 3. The highest BCUT2D eigenvalue weighted by Crippen LogP contribution is 2.20. The van der Waals surface area contributed by atoms with Crippen molar-refractivity contribution in [3.05, 3.63) is 65.2 Å². The van der Waals surface area contributed by atoms with Gasteiger partial charge >= 0.3 is 6.03 Å². The van der Waals surface area contributed by atoms with Crippen molar-refractivity contribution in [2.24, 2.45) is 0 Å². The molecule has 2 aromatic rings. The van der Waals surface area contributed by atoms with Gasteiger partial charge in [0.05, 0.1) is 6.04 Å². The normalized spacial score (nSPS) is 14.0. The van der Waals surface area contributed by atoms with Crippen molar-refractivity contribution in [1.82, 2.24) is 15.5 Å². The number of carbonyl (C=O) groups is 2. The fraction of sp³-hybridized carbons (Fsp3) is 0.391. The summed E-state index contributed by atoms with van der Waals surface area (Å²) in [4.78, 5) is 25.9. The first kappa shape index (κ1) is 20.7. The third-order valence-electron chi connectivity index (χ3n) is 5.05. The molecule has 6 heteroatoms. The maximum Gasteiger partial charge on any atom is 0.317 e. The van der Waals surface area contributed by atoms with Crippen molar-refractivity contribution < 1.29 is 14.3 Å². The summed E-state index contributed by atoms with van der Waals surface area (Å²) in [5, 5.41) is 5.91. The van der Waals surface area contributed by atoms with Crippen LogP contribution in [0.25, 0.3) is 0 Å². The number of nitrogens with zero attached hydrogens (tertiary/aromatic N) is 1. The van der Waals surface area contributed by atoms with Gasteiger partial charge in [0, 0.05) is 19.6 Å². The van der Waals surface area contributed by atoms with Crippen LogP contribution < -0.4 is 15.4 Å². The van der Waals surface area contributed by atoms with Gasteiger partial charge in [-0.1, -0.05) is 36.4 Å². The Morgan fingerprint density at radius 2 is 1.83 bits per heavy atom. The van der Waals surface area contributed by atoms with Crippen LogP contribution in [0.4, 0.5) is 4.79 Å². The van der Waals surface area contributed by atoms with Gasteiger partial charge in [-0.2, -0.15) is 0 Å². The number of rotatable bonds is 8. The highest BCUT2D eigenvalue weighted by Gasteiger charge is 2.23.